The van der Waals surface area contributed by atoms with Crippen molar-refractivity contribution in [1.82, 2.24) is 20.0 Å². The molecule has 0 bridgehead atoms. The summed E-state index contributed by atoms with van der Waals surface area (Å²) in [7, 11) is 0. The Morgan fingerprint density at radius 2 is 1.96 bits per heavy atom. The maximum atomic E-state index is 12.2. The third-order valence-corrected chi connectivity index (χ3v) is 5.04. The molecule has 0 spiro atoms. The van der Waals surface area contributed by atoms with Crippen LogP contribution in [0.2, 0.25) is 0 Å². The molecule has 0 saturated heterocycles. The molecule has 7 heteroatoms. The van der Waals surface area contributed by atoms with Crippen LogP contribution in [0.5, 0.6) is 0 Å². The van der Waals surface area contributed by atoms with E-state index >= 15 is 0 Å². The highest BCUT2D eigenvalue weighted by Crippen LogP contribution is 2.20. The highest BCUT2D eigenvalue weighted by atomic mass is 32.1. The van der Waals surface area contributed by atoms with E-state index in [2.05, 4.69) is 20.6 Å². The lowest BCUT2D eigenvalue weighted by Crippen LogP contribution is -2.12. The second-order valence-electron chi connectivity index (χ2n) is 5.80. The standard InChI is InChI=1S/C18H21N5OS/c1-4-17-20-21-18(25-17)19-16(24)11-10-15-12(2)22-23(13(15)3)14-8-6-5-7-9-14/h5-9H,4,10-11H2,1-3H3,(H,19,21,24). The molecule has 6 nitrogen and oxygen atoms in total. The van der Waals surface area contributed by atoms with Crippen molar-refractivity contribution in [1.29, 1.82) is 0 Å². The molecule has 0 unspecified atom stereocenters. The van der Waals surface area contributed by atoms with Crippen molar-refractivity contribution >= 4 is 22.4 Å². The van der Waals surface area contributed by atoms with E-state index in [0.717, 1.165) is 34.1 Å². The van der Waals surface area contributed by atoms with Gasteiger partial charge in [0, 0.05) is 12.1 Å². The second-order valence-corrected chi connectivity index (χ2v) is 6.86. The van der Waals surface area contributed by atoms with Crippen LogP contribution in [0.4, 0.5) is 5.13 Å². The number of aryl methyl sites for hydroxylation is 2. The molecule has 25 heavy (non-hydrogen) atoms. The highest BCUT2D eigenvalue weighted by Gasteiger charge is 2.15. The maximum absolute atomic E-state index is 12.2. The van der Waals surface area contributed by atoms with Crippen LogP contribution in [0.25, 0.3) is 5.69 Å². The van der Waals surface area contributed by atoms with Gasteiger partial charge >= 0.3 is 0 Å². The largest absolute Gasteiger partial charge is 0.301 e. The first-order valence-corrected chi connectivity index (χ1v) is 9.13. The normalized spacial score (nSPS) is 10.8. The minimum Gasteiger partial charge on any atom is -0.301 e. The molecule has 0 atom stereocenters. The molecule has 0 aliphatic carbocycles. The Balaban J connectivity index is 1.67. The Morgan fingerprint density at radius 3 is 2.64 bits per heavy atom. The van der Waals surface area contributed by atoms with E-state index in [0.29, 0.717) is 18.0 Å². The van der Waals surface area contributed by atoms with Gasteiger partial charge in [-0.2, -0.15) is 5.10 Å². The van der Waals surface area contributed by atoms with Gasteiger partial charge in [-0.15, -0.1) is 10.2 Å². The summed E-state index contributed by atoms with van der Waals surface area (Å²) in [4.78, 5) is 12.2. The molecule has 0 fully saturated rings. The molecule has 3 aromatic rings. The molecule has 2 aromatic heterocycles. The molecule has 130 valence electrons. The number of nitrogens with zero attached hydrogens (tertiary/aromatic N) is 4. The number of hydrogen-bond donors (Lipinski definition) is 1. The summed E-state index contributed by atoms with van der Waals surface area (Å²) in [6, 6.07) is 10.0. The molecule has 1 amide bonds. The lowest BCUT2D eigenvalue weighted by Gasteiger charge is -2.05. The van der Waals surface area contributed by atoms with Gasteiger partial charge in [-0.05, 0) is 44.4 Å². The van der Waals surface area contributed by atoms with Crippen molar-refractivity contribution in [2.75, 3.05) is 5.32 Å². The fraction of sp³-hybridized carbons (Fsp3) is 0.333. The SMILES string of the molecule is CCc1nnc(NC(=O)CCc2c(C)nn(-c3ccccc3)c2C)s1. The minimum atomic E-state index is -0.0509. The predicted octanol–water partition coefficient (Wildman–Crippen LogP) is 3.47. The lowest BCUT2D eigenvalue weighted by molar-refractivity contribution is -0.116. The van der Waals surface area contributed by atoms with E-state index in [1.807, 2.05) is 55.8 Å². The number of amides is 1. The monoisotopic (exact) mass is 355 g/mol. The summed E-state index contributed by atoms with van der Waals surface area (Å²) in [6.45, 7) is 6.04. The molecule has 0 aliphatic rings. The van der Waals surface area contributed by atoms with Crippen LogP contribution in [0.15, 0.2) is 30.3 Å². The van der Waals surface area contributed by atoms with Crippen molar-refractivity contribution in [2.24, 2.45) is 0 Å². The van der Waals surface area contributed by atoms with Crippen LogP contribution in [0, 0.1) is 13.8 Å². The van der Waals surface area contributed by atoms with Gasteiger partial charge in [-0.1, -0.05) is 36.5 Å². The average molecular weight is 355 g/mol. The summed E-state index contributed by atoms with van der Waals surface area (Å²) in [5.41, 5.74) is 4.17. The van der Waals surface area contributed by atoms with Crippen molar-refractivity contribution in [2.45, 2.75) is 40.0 Å². The Bertz CT molecular complexity index is 869. The molecule has 0 aliphatic heterocycles. The number of aromatic nitrogens is 4. The van der Waals surface area contributed by atoms with E-state index in [-0.39, 0.29) is 5.91 Å². The van der Waals surface area contributed by atoms with Gasteiger partial charge < -0.3 is 5.32 Å². The van der Waals surface area contributed by atoms with Crippen LogP contribution >= 0.6 is 11.3 Å². The zero-order chi connectivity index (χ0) is 17.8. The third kappa shape index (κ3) is 3.93. The maximum Gasteiger partial charge on any atom is 0.226 e. The van der Waals surface area contributed by atoms with Gasteiger partial charge in [0.05, 0.1) is 11.4 Å². The van der Waals surface area contributed by atoms with Crippen LogP contribution in [-0.2, 0) is 17.6 Å². The van der Waals surface area contributed by atoms with Crippen LogP contribution < -0.4 is 5.32 Å². The molecule has 3 rings (SSSR count). The van der Waals surface area contributed by atoms with Crippen molar-refractivity contribution < 1.29 is 4.79 Å². The number of rotatable bonds is 6. The van der Waals surface area contributed by atoms with Crippen LogP contribution in [0.3, 0.4) is 0 Å². The summed E-state index contributed by atoms with van der Waals surface area (Å²) in [5, 5.41) is 16.9. The van der Waals surface area contributed by atoms with E-state index in [9.17, 15) is 4.79 Å². The molecular weight excluding hydrogens is 334 g/mol. The number of anilines is 1. The number of para-hydroxylation sites is 1. The number of benzene rings is 1. The first-order chi connectivity index (χ1) is 12.1. The van der Waals surface area contributed by atoms with Gasteiger partial charge in [0.25, 0.3) is 0 Å². The first kappa shape index (κ1) is 17.3. The summed E-state index contributed by atoms with van der Waals surface area (Å²) in [6.07, 6.45) is 1.86. The molecule has 2 heterocycles. The van der Waals surface area contributed by atoms with E-state index in [4.69, 9.17) is 0 Å². The fourth-order valence-corrected chi connectivity index (χ4v) is 3.42. The zero-order valence-corrected chi connectivity index (χ0v) is 15.4. The van der Waals surface area contributed by atoms with Crippen LogP contribution in [0.1, 0.15) is 35.3 Å². The van der Waals surface area contributed by atoms with Gasteiger partial charge in [0.15, 0.2) is 0 Å². The lowest BCUT2D eigenvalue weighted by atomic mass is 10.1. The Labute approximate surface area is 150 Å². The summed E-state index contributed by atoms with van der Waals surface area (Å²) >= 11 is 1.42. The highest BCUT2D eigenvalue weighted by molar-refractivity contribution is 7.15. The van der Waals surface area contributed by atoms with Gasteiger partial charge in [-0.25, -0.2) is 4.68 Å². The smallest absolute Gasteiger partial charge is 0.226 e. The third-order valence-electron chi connectivity index (χ3n) is 4.06. The topological polar surface area (TPSA) is 72.7 Å². The summed E-state index contributed by atoms with van der Waals surface area (Å²) < 4.78 is 1.93. The molecule has 0 radical (unpaired) electrons. The molecule has 1 aromatic carbocycles. The van der Waals surface area contributed by atoms with Gasteiger partial charge in [-0.3, -0.25) is 4.79 Å². The van der Waals surface area contributed by atoms with Gasteiger partial charge in [0.1, 0.15) is 5.01 Å². The van der Waals surface area contributed by atoms with Crippen molar-refractivity contribution in [3.05, 3.63) is 52.3 Å². The number of nitrogens with one attached hydrogen (secondary N) is 1. The predicted molar refractivity (Wildman–Crippen MR) is 99.3 cm³/mol. The average Bonchev–Trinajstić information content (AvgIpc) is 3.18. The fourth-order valence-electron chi connectivity index (χ4n) is 2.72. The first-order valence-electron chi connectivity index (χ1n) is 8.31. The number of carbonyl (C=O) groups is 1. The summed E-state index contributed by atoms with van der Waals surface area (Å²) in [5.74, 6) is -0.0509. The molecule has 1 N–H and O–H groups in total. The Hall–Kier alpha value is -2.54. The number of carbonyl (C=O) groups excluding carboxylic acids is 1. The van der Waals surface area contributed by atoms with E-state index in [1.165, 1.54) is 11.3 Å². The van der Waals surface area contributed by atoms with E-state index in [1.54, 1.807) is 0 Å². The molecule has 0 saturated carbocycles. The molecular formula is C18H21N5OS. The Kier molecular flexibility index (Phi) is 5.23. The zero-order valence-electron chi connectivity index (χ0n) is 14.6. The Morgan fingerprint density at radius 1 is 1.20 bits per heavy atom. The van der Waals surface area contributed by atoms with Crippen molar-refractivity contribution in [3.63, 3.8) is 0 Å². The quantitative estimate of drug-likeness (QED) is 0.735. The van der Waals surface area contributed by atoms with Crippen LogP contribution in [-0.4, -0.2) is 25.9 Å². The second kappa shape index (κ2) is 7.57. The van der Waals surface area contributed by atoms with E-state index < -0.39 is 0 Å². The van der Waals surface area contributed by atoms with Gasteiger partial charge in [0.2, 0.25) is 11.0 Å². The number of hydrogen-bond acceptors (Lipinski definition) is 5. The van der Waals surface area contributed by atoms with Crippen molar-refractivity contribution in [3.8, 4) is 5.69 Å². The minimum absolute atomic E-state index is 0.0509.